The van der Waals surface area contributed by atoms with Gasteiger partial charge in [-0.05, 0) is 24.1 Å². The molecule has 0 radical (unpaired) electrons. The van der Waals surface area contributed by atoms with Gasteiger partial charge in [-0.25, -0.2) is 0 Å². The van der Waals surface area contributed by atoms with Gasteiger partial charge in [-0.2, -0.15) is 10.4 Å². The Bertz CT molecular complexity index is 613. The highest BCUT2D eigenvalue weighted by Gasteiger charge is 2.07. The third-order valence-electron chi connectivity index (χ3n) is 2.45. The molecule has 0 aliphatic heterocycles. The van der Waals surface area contributed by atoms with Crippen LogP contribution in [0.4, 0.5) is 0 Å². The van der Waals surface area contributed by atoms with Gasteiger partial charge in [-0.1, -0.05) is 25.4 Å². The molecular weight excluding hydrogens is 262 g/mol. The third-order valence-corrected chi connectivity index (χ3v) is 2.69. The predicted molar refractivity (Wildman–Crippen MR) is 73.3 cm³/mol. The molecule has 1 aromatic carbocycles. The van der Waals surface area contributed by atoms with Crippen molar-refractivity contribution in [2.24, 2.45) is 5.92 Å². The average molecular weight is 276 g/mol. The Morgan fingerprint density at radius 3 is 2.95 bits per heavy atom. The van der Waals surface area contributed by atoms with Gasteiger partial charge >= 0.3 is 0 Å². The number of nitriles is 1. The number of benzene rings is 1. The fourth-order valence-corrected chi connectivity index (χ4v) is 1.85. The topological polar surface area (TPSA) is 50.8 Å². The van der Waals surface area contributed by atoms with Crippen molar-refractivity contribution in [2.75, 3.05) is 0 Å². The van der Waals surface area contributed by atoms with E-state index in [-0.39, 0.29) is 0 Å². The third kappa shape index (κ3) is 3.49. The molecule has 2 rings (SSSR count). The Labute approximate surface area is 117 Å². The molecule has 1 aromatic heterocycles. The van der Waals surface area contributed by atoms with Crippen LogP contribution in [0, 0.1) is 17.2 Å². The summed E-state index contributed by atoms with van der Waals surface area (Å²) in [6.07, 6.45) is 3.45. The van der Waals surface area contributed by atoms with E-state index < -0.39 is 0 Å². The number of hydrogen-bond acceptors (Lipinski definition) is 3. The first-order valence-electron chi connectivity index (χ1n) is 5.98. The quantitative estimate of drug-likeness (QED) is 0.851. The van der Waals surface area contributed by atoms with E-state index in [0.29, 0.717) is 28.0 Å². The summed E-state index contributed by atoms with van der Waals surface area (Å²) in [7, 11) is 0. The Kier molecular flexibility index (Phi) is 4.08. The van der Waals surface area contributed by atoms with Crippen LogP contribution in [-0.4, -0.2) is 9.78 Å². The normalized spacial score (nSPS) is 10.5. The summed E-state index contributed by atoms with van der Waals surface area (Å²) in [5, 5.41) is 13.8. The Hall–Kier alpha value is -1.99. The molecule has 5 heteroatoms. The van der Waals surface area contributed by atoms with Crippen LogP contribution in [-0.2, 0) is 6.54 Å². The number of nitrogens with zero attached hydrogens (tertiary/aromatic N) is 3. The molecule has 1 heterocycles. The van der Waals surface area contributed by atoms with E-state index in [1.807, 2.05) is 10.9 Å². The number of rotatable bonds is 4. The van der Waals surface area contributed by atoms with Gasteiger partial charge in [0.05, 0.1) is 18.0 Å². The molecule has 0 aliphatic carbocycles. The maximum absolute atomic E-state index is 9.04. The first-order chi connectivity index (χ1) is 9.08. The lowest BCUT2D eigenvalue weighted by Crippen LogP contribution is -2.03. The Morgan fingerprint density at radius 2 is 2.26 bits per heavy atom. The first kappa shape index (κ1) is 13.4. The van der Waals surface area contributed by atoms with E-state index in [1.165, 1.54) is 0 Å². The van der Waals surface area contributed by atoms with Crippen LogP contribution >= 0.6 is 11.6 Å². The fourth-order valence-electron chi connectivity index (χ4n) is 1.68. The van der Waals surface area contributed by atoms with Gasteiger partial charge < -0.3 is 4.74 Å². The summed E-state index contributed by atoms with van der Waals surface area (Å²) in [5.74, 6) is 1.61. The predicted octanol–water partition coefficient (Wildman–Crippen LogP) is 3.86. The highest BCUT2D eigenvalue weighted by Crippen LogP contribution is 2.27. The van der Waals surface area contributed by atoms with E-state index in [0.717, 1.165) is 6.54 Å². The molecule has 0 fully saturated rings. The molecule has 0 saturated heterocycles. The molecule has 0 aliphatic rings. The van der Waals surface area contributed by atoms with Crippen molar-refractivity contribution in [1.82, 2.24) is 9.78 Å². The van der Waals surface area contributed by atoms with E-state index in [2.05, 4.69) is 25.0 Å². The lowest BCUT2D eigenvalue weighted by molar-refractivity contribution is 0.467. The highest BCUT2D eigenvalue weighted by atomic mass is 35.5. The summed E-state index contributed by atoms with van der Waals surface area (Å²) in [6.45, 7) is 5.07. The van der Waals surface area contributed by atoms with Crippen LogP contribution in [0.1, 0.15) is 19.4 Å². The van der Waals surface area contributed by atoms with Crippen molar-refractivity contribution in [2.45, 2.75) is 20.4 Å². The molecule has 2 aromatic rings. The summed E-state index contributed by atoms with van der Waals surface area (Å²) in [5.41, 5.74) is 0.407. The van der Waals surface area contributed by atoms with Crippen molar-refractivity contribution in [3.05, 3.63) is 41.2 Å². The van der Waals surface area contributed by atoms with Crippen molar-refractivity contribution < 1.29 is 4.74 Å². The molecular formula is C14H14ClN3O. The van der Waals surface area contributed by atoms with Gasteiger partial charge in [0, 0.05) is 11.6 Å². The zero-order chi connectivity index (χ0) is 13.8. The van der Waals surface area contributed by atoms with Gasteiger partial charge in [-0.15, -0.1) is 0 Å². The van der Waals surface area contributed by atoms with Crippen LogP contribution in [0.25, 0.3) is 0 Å². The second-order valence-electron chi connectivity index (χ2n) is 4.65. The lowest BCUT2D eigenvalue weighted by atomic mass is 10.2. The average Bonchev–Trinajstić information content (AvgIpc) is 2.78. The van der Waals surface area contributed by atoms with Crippen LogP contribution in [0.5, 0.6) is 11.5 Å². The van der Waals surface area contributed by atoms with Crippen LogP contribution in [0.2, 0.25) is 5.02 Å². The van der Waals surface area contributed by atoms with Gasteiger partial charge in [0.2, 0.25) is 0 Å². The second kappa shape index (κ2) is 5.77. The van der Waals surface area contributed by atoms with Crippen molar-refractivity contribution in [3.63, 3.8) is 0 Å². The molecule has 0 N–H and O–H groups in total. The van der Waals surface area contributed by atoms with E-state index >= 15 is 0 Å². The first-order valence-corrected chi connectivity index (χ1v) is 6.36. The second-order valence-corrected chi connectivity index (χ2v) is 5.08. The minimum atomic E-state index is 0.407. The molecule has 0 bridgehead atoms. The van der Waals surface area contributed by atoms with E-state index in [9.17, 15) is 0 Å². The maximum Gasteiger partial charge on any atom is 0.165 e. The zero-order valence-electron chi connectivity index (χ0n) is 10.8. The molecule has 0 saturated carbocycles. The van der Waals surface area contributed by atoms with Crippen molar-refractivity contribution in [3.8, 4) is 17.6 Å². The highest BCUT2D eigenvalue weighted by molar-refractivity contribution is 6.30. The van der Waals surface area contributed by atoms with Crippen LogP contribution in [0.15, 0.2) is 30.6 Å². The van der Waals surface area contributed by atoms with Crippen LogP contribution < -0.4 is 4.74 Å². The zero-order valence-corrected chi connectivity index (χ0v) is 11.6. The minimum absolute atomic E-state index is 0.407. The summed E-state index contributed by atoms with van der Waals surface area (Å²) in [6, 6.07) is 7.01. The molecule has 4 nitrogen and oxygen atoms in total. The van der Waals surface area contributed by atoms with Gasteiger partial charge in [-0.3, -0.25) is 4.68 Å². The fraction of sp³-hybridized carbons (Fsp3) is 0.286. The van der Waals surface area contributed by atoms with Crippen molar-refractivity contribution in [1.29, 1.82) is 5.26 Å². The molecule has 19 heavy (non-hydrogen) atoms. The van der Waals surface area contributed by atoms with E-state index in [1.54, 1.807) is 24.4 Å². The van der Waals surface area contributed by atoms with E-state index in [4.69, 9.17) is 21.6 Å². The molecule has 0 spiro atoms. The van der Waals surface area contributed by atoms with Gasteiger partial charge in [0.1, 0.15) is 11.8 Å². The maximum atomic E-state index is 9.04. The number of hydrogen-bond donors (Lipinski definition) is 0. The Morgan fingerprint density at radius 1 is 1.47 bits per heavy atom. The van der Waals surface area contributed by atoms with Gasteiger partial charge in [0.15, 0.2) is 5.75 Å². The summed E-state index contributed by atoms with van der Waals surface area (Å²) < 4.78 is 7.47. The Balaban J connectivity index is 2.17. The summed E-state index contributed by atoms with van der Waals surface area (Å²) in [4.78, 5) is 0. The number of ether oxygens (including phenoxy) is 1. The number of halogens is 1. The molecule has 0 amide bonds. The summed E-state index contributed by atoms with van der Waals surface area (Å²) >= 11 is 5.84. The molecule has 98 valence electrons. The largest absolute Gasteiger partial charge is 0.453 e. The van der Waals surface area contributed by atoms with Crippen LogP contribution in [0.3, 0.4) is 0 Å². The molecule has 0 unspecified atom stereocenters. The monoisotopic (exact) mass is 275 g/mol. The smallest absolute Gasteiger partial charge is 0.165 e. The van der Waals surface area contributed by atoms with Gasteiger partial charge in [0.25, 0.3) is 0 Å². The molecule has 0 atom stereocenters. The number of aromatic nitrogens is 2. The standard InChI is InChI=1S/C14H14ClN3O/c1-10(2)8-18-9-13(7-17-18)19-14-4-3-12(15)5-11(14)6-16/h3-5,7,9-10H,8H2,1-2H3. The SMILES string of the molecule is CC(C)Cn1cc(Oc2ccc(Cl)cc2C#N)cn1. The lowest BCUT2D eigenvalue weighted by Gasteiger charge is -2.05. The van der Waals surface area contributed by atoms with Crippen molar-refractivity contribution >= 4 is 11.6 Å². The minimum Gasteiger partial charge on any atom is -0.453 e.